The first-order valence-corrected chi connectivity index (χ1v) is 13.7. The smallest absolute Gasteiger partial charge is 0.290 e. The third-order valence-electron chi connectivity index (χ3n) is 6.98. The van der Waals surface area contributed by atoms with Crippen molar-refractivity contribution in [3.05, 3.63) is 17.8 Å². The van der Waals surface area contributed by atoms with Crippen molar-refractivity contribution < 1.29 is 43.1 Å². The third kappa shape index (κ3) is 7.69. The van der Waals surface area contributed by atoms with E-state index in [0.29, 0.717) is 0 Å². The number of aliphatic hydroxyl groups is 1. The maximum Gasteiger partial charge on any atom is 0.290 e. The molecular formula is C26H37N7O9. The van der Waals surface area contributed by atoms with Crippen molar-refractivity contribution in [2.75, 3.05) is 19.7 Å². The maximum atomic E-state index is 13.5. The van der Waals surface area contributed by atoms with E-state index in [-0.39, 0.29) is 49.2 Å². The number of carbonyl (C=O) groups excluding carboxylic acids is 7. The molecule has 3 heterocycles. The number of aliphatic hydroxyl groups excluding tert-OH is 1. The van der Waals surface area contributed by atoms with Crippen LogP contribution in [-0.2, 0) is 28.8 Å². The molecule has 0 saturated carbocycles. The van der Waals surface area contributed by atoms with Gasteiger partial charge in [-0.15, -0.1) is 0 Å². The Bertz CT molecular complexity index is 1220. The Morgan fingerprint density at radius 2 is 1.79 bits per heavy atom. The number of carbonyl (C=O) groups is 7. The molecule has 6 amide bonds. The van der Waals surface area contributed by atoms with E-state index in [0.717, 1.165) is 6.26 Å². The number of aromatic nitrogens is 1. The molecule has 230 valence electrons. The first kappa shape index (κ1) is 32.2. The maximum absolute atomic E-state index is 13.5. The fourth-order valence-corrected chi connectivity index (χ4v) is 4.84. The van der Waals surface area contributed by atoms with Gasteiger partial charge in [0.1, 0.15) is 30.4 Å². The van der Waals surface area contributed by atoms with Crippen LogP contribution in [0.5, 0.6) is 0 Å². The number of oxazole rings is 1. The number of fused-ring (bicyclic) bond motifs is 3. The second-order valence-electron chi connectivity index (χ2n) is 11.0. The van der Waals surface area contributed by atoms with Gasteiger partial charge < -0.3 is 41.0 Å². The summed E-state index contributed by atoms with van der Waals surface area (Å²) in [6.07, 6.45) is 1.64. The minimum atomic E-state index is -1.45. The van der Waals surface area contributed by atoms with E-state index in [1.54, 1.807) is 0 Å². The van der Waals surface area contributed by atoms with Crippen LogP contribution >= 0.6 is 0 Å². The Labute approximate surface area is 241 Å². The second-order valence-corrected chi connectivity index (χ2v) is 11.0. The molecule has 16 heteroatoms. The van der Waals surface area contributed by atoms with Crippen LogP contribution in [0.25, 0.3) is 0 Å². The van der Waals surface area contributed by atoms with Crippen LogP contribution in [0.1, 0.15) is 63.0 Å². The molecule has 6 atom stereocenters. The van der Waals surface area contributed by atoms with Gasteiger partial charge >= 0.3 is 0 Å². The van der Waals surface area contributed by atoms with Gasteiger partial charge in [0.15, 0.2) is 5.69 Å². The molecule has 0 aromatic carbocycles. The van der Waals surface area contributed by atoms with Crippen molar-refractivity contribution in [3.8, 4) is 0 Å². The minimum Gasteiger partial charge on any atom is -0.446 e. The summed E-state index contributed by atoms with van der Waals surface area (Å²) in [4.78, 5) is 95.0. The lowest BCUT2D eigenvalue weighted by atomic mass is 9.98. The number of hydrogen-bond donors (Lipinski definition) is 6. The molecule has 0 spiro atoms. The number of hydrogen-bond acceptors (Lipinski definition) is 10. The topological polar surface area (TPSA) is 229 Å². The first-order valence-electron chi connectivity index (χ1n) is 13.7. The number of Topliss-reactive ketones (excluding diaryl/α,β-unsaturated/α-hetero) is 1. The van der Waals surface area contributed by atoms with Gasteiger partial charge in [0, 0.05) is 13.1 Å². The summed E-state index contributed by atoms with van der Waals surface area (Å²) in [5, 5.41) is 21.8. The van der Waals surface area contributed by atoms with Gasteiger partial charge in [-0.1, -0.05) is 20.8 Å². The minimum absolute atomic E-state index is 0.0874. The molecule has 2 aliphatic heterocycles. The highest BCUT2D eigenvalue weighted by molar-refractivity contribution is 6.38. The van der Waals surface area contributed by atoms with Gasteiger partial charge in [-0.3, -0.25) is 33.6 Å². The molecule has 6 N–H and O–H groups in total. The molecule has 2 aliphatic rings. The highest BCUT2D eigenvalue weighted by Gasteiger charge is 2.42. The SMILES string of the molecule is CC(C)CC1NC(=O)[C@@H]2C[C@H](C)CN2C(=O)C(NC=O)CNC(=O)[C@@H](CO)NC(=O)c2coc(n2)[C@H](C)NC(=O)C1=O. The molecule has 0 aliphatic carbocycles. The van der Waals surface area contributed by atoms with Gasteiger partial charge in [-0.25, -0.2) is 4.98 Å². The van der Waals surface area contributed by atoms with Crippen molar-refractivity contribution in [1.82, 2.24) is 36.5 Å². The Kier molecular flexibility index (Phi) is 10.7. The lowest BCUT2D eigenvalue weighted by molar-refractivity contribution is -0.143. The predicted molar refractivity (Wildman–Crippen MR) is 143 cm³/mol. The highest BCUT2D eigenvalue weighted by Crippen LogP contribution is 2.24. The fraction of sp³-hybridized carbons (Fsp3) is 0.615. The van der Waals surface area contributed by atoms with Crippen molar-refractivity contribution in [1.29, 1.82) is 0 Å². The quantitative estimate of drug-likeness (QED) is 0.156. The molecule has 2 bridgehead atoms. The van der Waals surface area contributed by atoms with Crippen LogP contribution in [0.2, 0.25) is 0 Å². The molecule has 2 unspecified atom stereocenters. The van der Waals surface area contributed by atoms with Gasteiger partial charge in [-0.2, -0.15) is 0 Å². The standard InChI is InChI=1S/C26H37N7O9/c1-12(2)5-15-20(36)24(40)29-14(4)25-32-18(10-42-25)22(38)31-17(9-34)21(37)27-7-16(28-11-35)26(41)33-8-13(3)6-19(33)23(39)30-15/h10-17,19,34H,5-9H2,1-4H3,(H,27,37)(H,28,35)(H,29,40)(H,30,39)(H,31,38)/t13-,14-,15?,16?,17+,19-/m0/s1. The largest absolute Gasteiger partial charge is 0.446 e. The average molecular weight is 592 g/mol. The highest BCUT2D eigenvalue weighted by atomic mass is 16.3. The van der Waals surface area contributed by atoms with Crippen molar-refractivity contribution >= 4 is 41.7 Å². The van der Waals surface area contributed by atoms with E-state index < -0.39 is 78.7 Å². The number of amides is 6. The normalized spacial score (nSPS) is 28.4. The predicted octanol–water partition coefficient (Wildman–Crippen LogP) is -2.48. The molecule has 42 heavy (non-hydrogen) atoms. The molecule has 0 radical (unpaired) electrons. The summed E-state index contributed by atoms with van der Waals surface area (Å²) in [6, 6.07) is -5.90. The lowest BCUT2D eigenvalue weighted by Crippen LogP contribution is -2.58. The molecular weight excluding hydrogens is 554 g/mol. The Hall–Kier alpha value is -4.34. The van der Waals surface area contributed by atoms with Crippen LogP contribution in [0.3, 0.4) is 0 Å². The molecule has 3 rings (SSSR count). The van der Waals surface area contributed by atoms with E-state index in [9.17, 15) is 38.7 Å². The molecule has 1 aromatic heterocycles. The molecule has 16 nitrogen and oxygen atoms in total. The lowest BCUT2D eigenvalue weighted by Gasteiger charge is -2.30. The summed E-state index contributed by atoms with van der Waals surface area (Å²) < 4.78 is 5.28. The van der Waals surface area contributed by atoms with Crippen molar-refractivity contribution in [3.63, 3.8) is 0 Å². The summed E-state index contributed by atoms with van der Waals surface area (Å²) in [7, 11) is 0. The molecule has 1 aromatic rings. The third-order valence-corrected chi connectivity index (χ3v) is 6.98. The van der Waals surface area contributed by atoms with Crippen LogP contribution in [-0.4, -0.2) is 101 Å². The molecule has 1 saturated heterocycles. The van der Waals surface area contributed by atoms with Crippen molar-refractivity contribution in [2.24, 2.45) is 11.8 Å². The first-order chi connectivity index (χ1) is 19.9. The average Bonchev–Trinajstić information content (AvgIpc) is 3.59. The zero-order valence-corrected chi connectivity index (χ0v) is 23.8. The Balaban J connectivity index is 1.98. The van der Waals surface area contributed by atoms with E-state index in [1.807, 2.05) is 20.8 Å². The number of rotatable bonds is 5. The number of nitrogens with one attached hydrogen (secondary N) is 5. The summed E-state index contributed by atoms with van der Waals surface area (Å²) >= 11 is 0. The number of ketones is 1. The summed E-state index contributed by atoms with van der Waals surface area (Å²) in [6.45, 7) is 5.87. The van der Waals surface area contributed by atoms with Gasteiger partial charge in [0.2, 0.25) is 35.8 Å². The monoisotopic (exact) mass is 591 g/mol. The fourth-order valence-electron chi connectivity index (χ4n) is 4.84. The van der Waals surface area contributed by atoms with E-state index in [4.69, 9.17) is 4.42 Å². The van der Waals surface area contributed by atoms with Crippen LogP contribution in [0, 0.1) is 11.8 Å². The van der Waals surface area contributed by atoms with Crippen LogP contribution in [0.4, 0.5) is 0 Å². The molecule has 1 fully saturated rings. The van der Waals surface area contributed by atoms with Gasteiger partial charge in [0.25, 0.3) is 11.8 Å². The zero-order chi connectivity index (χ0) is 31.1. The Morgan fingerprint density at radius 1 is 1.07 bits per heavy atom. The van der Waals surface area contributed by atoms with E-state index >= 15 is 0 Å². The number of nitrogens with zero attached hydrogens (tertiary/aromatic N) is 2. The second kappa shape index (κ2) is 14.0. The van der Waals surface area contributed by atoms with Crippen molar-refractivity contribution in [2.45, 2.75) is 70.7 Å². The van der Waals surface area contributed by atoms with Crippen LogP contribution < -0.4 is 26.6 Å². The summed E-state index contributed by atoms with van der Waals surface area (Å²) in [5.74, 6) is -5.29. The Morgan fingerprint density at radius 3 is 2.43 bits per heavy atom. The van der Waals surface area contributed by atoms with Gasteiger partial charge in [0.05, 0.1) is 12.6 Å². The zero-order valence-electron chi connectivity index (χ0n) is 23.8. The van der Waals surface area contributed by atoms with Crippen LogP contribution in [0.15, 0.2) is 10.7 Å². The van der Waals surface area contributed by atoms with E-state index in [1.165, 1.54) is 11.8 Å². The summed E-state index contributed by atoms with van der Waals surface area (Å²) in [5.41, 5.74) is -0.270. The van der Waals surface area contributed by atoms with Gasteiger partial charge in [-0.05, 0) is 31.6 Å². The van der Waals surface area contributed by atoms with E-state index in [2.05, 4.69) is 31.6 Å².